The number of carbonyl (C=O) groups excluding carboxylic acids is 1. The lowest BCUT2D eigenvalue weighted by atomic mass is 9.91. The lowest BCUT2D eigenvalue weighted by Gasteiger charge is -2.24. The van der Waals surface area contributed by atoms with Crippen LogP contribution in [0, 0.1) is 29.4 Å². The van der Waals surface area contributed by atoms with Crippen LogP contribution in [0.3, 0.4) is 0 Å². The number of pyridine rings is 2. The molecule has 7 rings (SSSR count). The summed E-state index contributed by atoms with van der Waals surface area (Å²) < 4.78 is 86.4. The average Bonchev–Trinajstić information content (AvgIpc) is 3.64. The molecule has 0 radical (unpaired) electrons. The average molecular weight is 606 g/mol. The fourth-order valence-electron chi connectivity index (χ4n) is 6.94. The van der Waals surface area contributed by atoms with Crippen molar-refractivity contribution in [2.45, 2.75) is 37.7 Å². The van der Waals surface area contributed by atoms with E-state index in [1.165, 1.54) is 6.20 Å². The van der Waals surface area contributed by atoms with Gasteiger partial charge >= 0.3 is 0 Å². The first-order valence-corrected chi connectivity index (χ1v) is 14.3. The summed E-state index contributed by atoms with van der Waals surface area (Å²) in [5, 5.41) is 4.54. The number of carbonyl (C=O) groups is 1. The van der Waals surface area contributed by atoms with Gasteiger partial charge in [0.25, 0.3) is 12.3 Å². The number of hydrogen-bond donors (Lipinski definition) is 1. The highest BCUT2D eigenvalue weighted by Crippen LogP contribution is 2.68. The third-order valence-corrected chi connectivity index (χ3v) is 8.80. The third-order valence-electron chi connectivity index (χ3n) is 8.80. The predicted molar refractivity (Wildman–Crippen MR) is 152 cm³/mol. The van der Waals surface area contributed by atoms with Gasteiger partial charge in [-0.1, -0.05) is 36.4 Å². The molecule has 224 valence electrons. The molecule has 3 unspecified atom stereocenters. The van der Waals surface area contributed by atoms with Gasteiger partial charge in [0.1, 0.15) is 11.6 Å². The molecule has 3 aliphatic rings. The van der Waals surface area contributed by atoms with Crippen LogP contribution in [0.4, 0.5) is 26.3 Å². The van der Waals surface area contributed by atoms with Crippen molar-refractivity contribution >= 4 is 16.7 Å². The van der Waals surface area contributed by atoms with Crippen LogP contribution >= 0.6 is 0 Å². The van der Waals surface area contributed by atoms with E-state index in [0.717, 1.165) is 35.0 Å². The molecule has 0 bridgehead atoms. The van der Waals surface area contributed by atoms with Crippen molar-refractivity contribution in [3.63, 3.8) is 0 Å². The molecule has 1 saturated carbocycles. The highest BCUT2D eigenvalue weighted by molar-refractivity contribution is 5.96. The Morgan fingerprint density at radius 2 is 1.77 bits per heavy atom. The number of nitrogens with one attached hydrogen (secondary N) is 1. The van der Waals surface area contributed by atoms with E-state index in [9.17, 15) is 22.4 Å². The highest BCUT2D eigenvalue weighted by Gasteiger charge is 2.67. The van der Waals surface area contributed by atoms with Gasteiger partial charge in [-0.2, -0.15) is 0 Å². The van der Waals surface area contributed by atoms with Gasteiger partial charge in [0.05, 0.1) is 11.7 Å². The van der Waals surface area contributed by atoms with Crippen molar-refractivity contribution < 1.29 is 31.1 Å². The normalized spacial score (nSPS) is 22.2. The second kappa shape index (κ2) is 10.6. The first-order chi connectivity index (χ1) is 21.1. The van der Waals surface area contributed by atoms with Gasteiger partial charge in [0.15, 0.2) is 0 Å². The number of benzene rings is 2. The maximum absolute atomic E-state index is 15.2. The van der Waals surface area contributed by atoms with E-state index >= 15 is 8.78 Å². The summed E-state index contributed by atoms with van der Waals surface area (Å²) >= 11 is 0. The van der Waals surface area contributed by atoms with Crippen LogP contribution in [0.5, 0.6) is 0 Å². The van der Waals surface area contributed by atoms with Gasteiger partial charge < -0.3 is 5.32 Å². The van der Waals surface area contributed by atoms with Gasteiger partial charge in [0.2, 0.25) is 5.91 Å². The summed E-state index contributed by atoms with van der Waals surface area (Å²) in [5.74, 6) is -8.33. The maximum atomic E-state index is 15.2. The first-order valence-electron chi connectivity index (χ1n) is 14.3. The van der Waals surface area contributed by atoms with E-state index in [2.05, 4.69) is 15.3 Å². The Bertz CT molecular complexity index is 1840. The van der Waals surface area contributed by atoms with Crippen molar-refractivity contribution in [2.24, 2.45) is 17.8 Å². The molecular weight excluding hydrogens is 580 g/mol. The van der Waals surface area contributed by atoms with Crippen molar-refractivity contribution in [2.75, 3.05) is 0 Å². The predicted octanol–water partition coefficient (Wildman–Crippen LogP) is 7.77. The second-order valence-corrected chi connectivity index (χ2v) is 11.6. The number of allylic oxidation sites excluding steroid dienone is 4. The summed E-state index contributed by atoms with van der Waals surface area (Å²) in [6, 6.07) is 13.1. The standard InChI is InChI=1S/C34H25F6N3O/c35-20-8-17(9-21(36)13-20)10-28(32-23(6-3-7-42-32)26-16-41-15-18-4-1-2-5-22(18)26)43-29(44)12-19-11-25(33(37)38)30-24-14-27(24)34(39,40)31(19)30/h1-9,11,13,15-16,19,24,27-28,33H,10,12,14H2,(H,43,44)/t19?,24?,27?,28-/m0/s1. The van der Waals surface area contributed by atoms with E-state index in [4.69, 9.17) is 0 Å². The van der Waals surface area contributed by atoms with Crippen LogP contribution in [-0.4, -0.2) is 28.2 Å². The summed E-state index contributed by atoms with van der Waals surface area (Å²) in [5.41, 5.74) is 1.12. The third kappa shape index (κ3) is 4.86. The topological polar surface area (TPSA) is 54.9 Å². The Morgan fingerprint density at radius 3 is 2.55 bits per heavy atom. The molecule has 2 heterocycles. The van der Waals surface area contributed by atoms with Gasteiger partial charge in [-0.05, 0) is 53.5 Å². The number of nitrogens with zero attached hydrogens (tertiary/aromatic N) is 2. The molecule has 0 saturated heterocycles. The highest BCUT2D eigenvalue weighted by atomic mass is 19.3. The number of hydrogen-bond acceptors (Lipinski definition) is 3. The van der Waals surface area contributed by atoms with Gasteiger partial charge in [-0.15, -0.1) is 0 Å². The van der Waals surface area contributed by atoms with Crippen LogP contribution in [0.25, 0.3) is 21.9 Å². The second-order valence-electron chi connectivity index (χ2n) is 11.6. The molecule has 44 heavy (non-hydrogen) atoms. The van der Waals surface area contributed by atoms with E-state index in [-0.39, 0.29) is 29.6 Å². The minimum absolute atomic E-state index is 0.00931. The molecule has 1 fully saturated rings. The summed E-state index contributed by atoms with van der Waals surface area (Å²) in [7, 11) is 0. The Hall–Kier alpha value is -4.47. The number of rotatable bonds is 8. The number of fused-ring (bicyclic) bond motifs is 3. The van der Waals surface area contributed by atoms with Crippen molar-refractivity contribution in [1.29, 1.82) is 0 Å². The Labute approximate surface area is 248 Å². The SMILES string of the molecule is O=C(CC1C=C(C(F)F)C2=C1C(F)(F)C1CC21)N[C@@H](Cc1cc(F)cc(F)c1)c1ncccc1-c1cncc2ccccc12. The van der Waals surface area contributed by atoms with Crippen molar-refractivity contribution in [3.8, 4) is 11.1 Å². The number of amides is 1. The molecule has 10 heteroatoms. The fraction of sp³-hybridized carbons (Fsp3) is 0.265. The molecule has 0 spiro atoms. The van der Waals surface area contributed by atoms with E-state index in [0.29, 0.717) is 16.8 Å². The largest absolute Gasteiger partial charge is 0.347 e. The van der Waals surface area contributed by atoms with Crippen molar-refractivity contribution in [3.05, 3.63) is 119 Å². The van der Waals surface area contributed by atoms with Crippen LogP contribution in [0.1, 0.15) is 30.1 Å². The number of alkyl halides is 4. The van der Waals surface area contributed by atoms with Crippen LogP contribution < -0.4 is 5.32 Å². The number of aromatic nitrogens is 2. The van der Waals surface area contributed by atoms with Crippen LogP contribution in [0.15, 0.2) is 96.0 Å². The molecular formula is C34H25F6N3O. The zero-order valence-corrected chi connectivity index (χ0v) is 23.1. The van der Waals surface area contributed by atoms with Crippen LogP contribution in [0.2, 0.25) is 0 Å². The fourth-order valence-corrected chi connectivity index (χ4v) is 6.94. The maximum Gasteiger partial charge on any atom is 0.273 e. The summed E-state index contributed by atoms with van der Waals surface area (Å²) in [4.78, 5) is 22.4. The molecule has 1 N–H and O–H groups in total. The Balaban J connectivity index is 1.25. The quantitative estimate of drug-likeness (QED) is 0.209. The van der Waals surface area contributed by atoms with Crippen molar-refractivity contribution in [1.82, 2.24) is 15.3 Å². The molecule has 0 aliphatic heterocycles. The molecule has 4 nitrogen and oxygen atoms in total. The van der Waals surface area contributed by atoms with E-state index in [1.807, 2.05) is 24.3 Å². The van der Waals surface area contributed by atoms with E-state index in [1.54, 1.807) is 24.5 Å². The van der Waals surface area contributed by atoms with Gasteiger partial charge in [-0.25, -0.2) is 26.3 Å². The molecule has 2 aromatic heterocycles. The Morgan fingerprint density at radius 1 is 1.00 bits per heavy atom. The van der Waals surface area contributed by atoms with Gasteiger partial charge in [-0.3, -0.25) is 14.8 Å². The minimum Gasteiger partial charge on any atom is -0.347 e. The molecule has 3 aliphatic carbocycles. The monoisotopic (exact) mass is 605 g/mol. The van der Waals surface area contributed by atoms with Gasteiger partial charge in [0, 0.05) is 70.6 Å². The zero-order valence-electron chi connectivity index (χ0n) is 23.1. The summed E-state index contributed by atoms with van der Waals surface area (Å²) in [6.45, 7) is 0. The van der Waals surface area contributed by atoms with Crippen LogP contribution in [-0.2, 0) is 11.2 Å². The molecule has 2 aromatic carbocycles. The number of halogens is 6. The molecule has 4 atom stereocenters. The first kappa shape index (κ1) is 28.3. The lowest BCUT2D eigenvalue weighted by molar-refractivity contribution is -0.122. The summed E-state index contributed by atoms with van der Waals surface area (Å²) in [6.07, 6.45) is 2.63. The lowest BCUT2D eigenvalue weighted by Crippen LogP contribution is -2.33. The molecule has 4 aromatic rings. The Kier molecular flexibility index (Phi) is 6.82. The zero-order chi connectivity index (χ0) is 30.7. The molecule has 1 amide bonds. The smallest absolute Gasteiger partial charge is 0.273 e. The van der Waals surface area contributed by atoms with E-state index < -0.39 is 65.7 Å². The minimum atomic E-state index is -3.26.